The van der Waals surface area contributed by atoms with Crippen LogP contribution in [0.15, 0.2) is 41.4 Å². The van der Waals surface area contributed by atoms with Gasteiger partial charge in [0, 0.05) is 25.5 Å². The minimum atomic E-state index is -3.79. The number of rotatable bonds is 7. The summed E-state index contributed by atoms with van der Waals surface area (Å²) in [6, 6.07) is 9.41. The number of nitrogens with zero attached hydrogens (tertiary/aromatic N) is 2. The molecule has 1 aliphatic rings. The van der Waals surface area contributed by atoms with Gasteiger partial charge in [0.05, 0.1) is 15.5 Å². The minimum Gasteiger partial charge on any atom is -0.381 e. The first-order valence-corrected chi connectivity index (χ1v) is 13.4. The molecule has 4 rings (SSSR count). The second-order valence-electron chi connectivity index (χ2n) is 8.57. The fraction of sp³-hybridized carbons (Fsp3) is 0.417. The zero-order valence-electron chi connectivity index (χ0n) is 19.4. The summed E-state index contributed by atoms with van der Waals surface area (Å²) in [5, 5.41) is 4.41. The number of benzene rings is 1. The van der Waals surface area contributed by atoms with Crippen LogP contribution < -0.4 is 10.0 Å². The monoisotopic (exact) mass is 486 g/mol. The largest absolute Gasteiger partial charge is 0.381 e. The van der Waals surface area contributed by atoms with Crippen molar-refractivity contribution in [2.45, 2.75) is 51.5 Å². The molecule has 0 saturated carbocycles. The molecule has 176 valence electrons. The SMILES string of the molecule is Cc1ccc(-c2sc(NC(C)C3CCOCC3)nc2C)cc1S(=O)(=O)Nc1ncccc1C. The lowest BCUT2D eigenvalue weighted by Gasteiger charge is -2.28. The predicted octanol–water partition coefficient (Wildman–Crippen LogP) is 5.16. The number of nitrogens with one attached hydrogen (secondary N) is 2. The second kappa shape index (κ2) is 9.79. The Morgan fingerprint density at radius 2 is 1.88 bits per heavy atom. The first kappa shape index (κ1) is 23.7. The zero-order valence-corrected chi connectivity index (χ0v) is 21.0. The standard InChI is InChI=1S/C24H30N4O3S2/c1-15-7-8-20(14-21(15)33(29,30)28-23-16(2)6-5-11-25-23)22-18(4)27-24(32-22)26-17(3)19-9-12-31-13-10-19/h5-8,11,14,17,19H,9-10,12-13H2,1-4H3,(H,25,28)(H,26,27). The summed E-state index contributed by atoms with van der Waals surface area (Å²) in [5.74, 6) is 0.897. The quantitative estimate of drug-likeness (QED) is 0.479. The smallest absolute Gasteiger partial charge is 0.263 e. The molecule has 0 spiro atoms. The van der Waals surface area contributed by atoms with Crippen LogP contribution in [0.1, 0.15) is 36.6 Å². The maximum absolute atomic E-state index is 13.2. The van der Waals surface area contributed by atoms with E-state index >= 15 is 0 Å². The number of sulfonamides is 1. The van der Waals surface area contributed by atoms with E-state index in [9.17, 15) is 8.42 Å². The minimum absolute atomic E-state index is 0.239. The third-order valence-corrected chi connectivity index (χ3v) is 8.72. The van der Waals surface area contributed by atoms with Gasteiger partial charge in [-0.1, -0.05) is 29.5 Å². The Morgan fingerprint density at radius 3 is 2.61 bits per heavy atom. The summed E-state index contributed by atoms with van der Waals surface area (Å²) in [6.45, 7) is 9.39. The molecule has 0 aliphatic carbocycles. The molecule has 1 fully saturated rings. The lowest BCUT2D eigenvalue weighted by molar-refractivity contribution is 0.0622. The van der Waals surface area contributed by atoms with E-state index in [4.69, 9.17) is 9.72 Å². The molecule has 1 unspecified atom stereocenters. The number of aryl methyl sites for hydroxylation is 3. The van der Waals surface area contributed by atoms with Gasteiger partial charge < -0.3 is 10.1 Å². The van der Waals surface area contributed by atoms with Crippen LogP contribution in [0, 0.1) is 26.7 Å². The van der Waals surface area contributed by atoms with E-state index in [0.717, 1.165) is 52.9 Å². The molecule has 2 aromatic heterocycles. The van der Waals surface area contributed by atoms with Crippen molar-refractivity contribution in [1.82, 2.24) is 9.97 Å². The fourth-order valence-electron chi connectivity index (χ4n) is 4.06. The summed E-state index contributed by atoms with van der Waals surface area (Å²) < 4.78 is 34.5. The average Bonchev–Trinajstić information content (AvgIpc) is 3.16. The van der Waals surface area contributed by atoms with Gasteiger partial charge >= 0.3 is 0 Å². The lowest BCUT2D eigenvalue weighted by atomic mass is 9.93. The predicted molar refractivity (Wildman–Crippen MR) is 133 cm³/mol. The first-order chi connectivity index (χ1) is 15.7. The number of aromatic nitrogens is 2. The zero-order chi connectivity index (χ0) is 23.6. The van der Waals surface area contributed by atoms with Crippen LogP contribution in [0.4, 0.5) is 10.9 Å². The molecule has 1 atom stereocenters. The summed E-state index contributed by atoms with van der Waals surface area (Å²) in [5.41, 5.74) is 3.15. The van der Waals surface area contributed by atoms with Crippen molar-refractivity contribution in [2.24, 2.45) is 5.92 Å². The number of anilines is 2. The summed E-state index contributed by atoms with van der Waals surface area (Å²) in [4.78, 5) is 10.1. The number of ether oxygens (including phenoxy) is 1. The van der Waals surface area contributed by atoms with Crippen molar-refractivity contribution in [2.75, 3.05) is 23.3 Å². The Labute approximate surface area is 199 Å². The van der Waals surface area contributed by atoms with Gasteiger partial charge in [0.25, 0.3) is 10.0 Å². The van der Waals surface area contributed by atoms with Crippen molar-refractivity contribution < 1.29 is 13.2 Å². The van der Waals surface area contributed by atoms with E-state index in [2.05, 4.69) is 21.9 Å². The van der Waals surface area contributed by atoms with E-state index in [1.165, 1.54) is 0 Å². The molecule has 1 saturated heterocycles. The first-order valence-electron chi connectivity index (χ1n) is 11.1. The molecule has 3 aromatic rings. The highest BCUT2D eigenvalue weighted by molar-refractivity contribution is 7.92. The molecular formula is C24H30N4O3S2. The molecule has 1 aromatic carbocycles. The molecule has 7 nitrogen and oxygen atoms in total. The molecule has 9 heteroatoms. The maximum Gasteiger partial charge on any atom is 0.263 e. The summed E-state index contributed by atoms with van der Waals surface area (Å²) in [7, 11) is -3.79. The Hall–Kier alpha value is -2.49. The molecule has 3 heterocycles. The number of hydrogen-bond donors (Lipinski definition) is 2. The van der Waals surface area contributed by atoms with Crippen molar-refractivity contribution in [1.29, 1.82) is 0 Å². The second-order valence-corrected chi connectivity index (χ2v) is 11.2. The van der Waals surface area contributed by atoms with Gasteiger partial charge in [-0.05, 0) is 75.3 Å². The molecule has 33 heavy (non-hydrogen) atoms. The molecule has 0 radical (unpaired) electrons. The number of thiazole rings is 1. The highest BCUT2D eigenvalue weighted by Crippen LogP contribution is 2.36. The normalized spacial score (nSPS) is 15.9. The third kappa shape index (κ3) is 5.37. The van der Waals surface area contributed by atoms with E-state index in [1.54, 1.807) is 36.6 Å². The van der Waals surface area contributed by atoms with E-state index in [1.807, 2.05) is 32.0 Å². The number of hydrogen-bond acceptors (Lipinski definition) is 7. The summed E-state index contributed by atoms with van der Waals surface area (Å²) >= 11 is 1.56. The van der Waals surface area contributed by atoms with Gasteiger partial charge in [0.15, 0.2) is 5.13 Å². The lowest BCUT2D eigenvalue weighted by Crippen LogP contribution is -2.30. The molecule has 1 aliphatic heterocycles. The van der Waals surface area contributed by atoms with Gasteiger partial charge in [-0.3, -0.25) is 4.72 Å². The highest BCUT2D eigenvalue weighted by atomic mass is 32.2. The van der Waals surface area contributed by atoms with Crippen LogP contribution in [0.25, 0.3) is 10.4 Å². The van der Waals surface area contributed by atoms with Gasteiger partial charge in [-0.25, -0.2) is 18.4 Å². The molecule has 0 amide bonds. The van der Waals surface area contributed by atoms with E-state index < -0.39 is 10.0 Å². The van der Waals surface area contributed by atoms with Crippen LogP contribution in [0.2, 0.25) is 0 Å². The third-order valence-electron chi connectivity index (χ3n) is 6.10. The van der Waals surface area contributed by atoms with Crippen LogP contribution in [-0.4, -0.2) is 37.6 Å². The topological polar surface area (TPSA) is 93.2 Å². The van der Waals surface area contributed by atoms with Crippen molar-refractivity contribution in [3.05, 3.63) is 53.3 Å². The average molecular weight is 487 g/mol. The fourth-order valence-corrected chi connectivity index (χ4v) is 6.47. The van der Waals surface area contributed by atoms with Crippen molar-refractivity contribution >= 4 is 32.3 Å². The van der Waals surface area contributed by atoms with Crippen LogP contribution in [0.5, 0.6) is 0 Å². The van der Waals surface area contributed by atoms with Gasteiger partial charge in [-0.15, -0.1) is 0 Å². The summed E-state index contributed by atoms with van der Waals surface area (Å²) in [6.07, 6.45) is 3.67. The van der Waals surface area contributed by atoms with Crippen molar-refractivity contribution in [3.63, 3.8) is 0 Å². The van der Waals surface area contributed by atoms with Gasteiger partial charge in [0.1, 0.15) is 5.82 Å². The number of pyridine rings is 1. The molecular weight excluding hydrogens is 456 g/mol. The Morgan fingerprint density at radius 1 is 1.12 bits per heavy atom. The molecule has 0 bridgehead atoms. The Kier molecular flexibility index (Phi) is 7.02. The van der Waals surface area contributed by atoms with E-state index in [0.29, 0.717) is 23.3 Å². The van der Waals surface area contributed by atoms with Gasteiger partial charge in [-0.2, -0.15) is 0 Å². The molecule has 2 N–H and O–H groups in total. The van der Waals surface area contributed by atoms with Crippen LogP contribution >= 0.6 is 11.3 Å². The van der Waals surface area contributed by atoms with E-state index in [-0.39, 0.29) is 4.90 Å². The maximum atomic E-state index is 13.2. The Bertz CT molecular complexity index is 1230. The van der Waals surface area contributed by atoms with Crippen molar-refractivity contribution in [3.8, 4) is 10.4 Å². The van der Waals surface area contributed by atoms with Gasteiger partial charge in [0.2, 0.25) is 0 Å². The highest BCUT2D eigenvalue weighted by Gasteiger charge is 2.23. The Balaban J connectivity index is 1.59. The van der Waals surface area contributed by atoms with Crippen LogP contribution in [0.3, 0.4) is 0 Å². The van der Waals surface area contributed by atoms with Crippen LogP contribution in [-0.2, 0) is 14.8 Å².